The topological polar surface area (TPSA) is 38.5 Å². The lowest BCUT2D eigenvalue weighted by atomic mass is 9.99. The summed E-state index contributed by atoms with van der Waals surface area (Å²) < 4.78 is 5.70. The van der Waals surface area contributed by atoms with Gasteiger partial charge < -0.3 is 15.4 Å². The summed E-state index contributed by atoms with van der Waals surface area (Å²) in [5.41, 5.74) is 9.46. The molecule has 1 heterocycles. The van der Waals surface area contributed by atoms with E-state index >= 15 is 0 Å². The van der Waals surface area contributed by atoms with Gasteiger partial charge in [-0.1, -0.05) is 0 Å². The third-order valence-electron chi connectivity index (χ3n) is 2.90. The number of nitrogens with two attached hydrogens (primary N) is 1. The molecular weight excluding hydrogens is 200 g/mol. The summed E-state index contributed by atoms with van der Waals surface area (Å²) in [7, 11) is 2.14. The van der Waals surface area contributed by atoms with Gasteiger partial charge in [-0.15, -0.1) is 0 Å². The van der Waals surface area contributed by atoms with Crippen molar-refractivity contribution >= 4 is 5.69 Å². The first-order valence-electron chi connectivity index (χ1n) is 5.82. The van der Waals surface area contributed by atoms with Crippen LogP contribution < -0.4 is 10.5 Å². The molecular formula is C13H20N2O. The highest BCUT2D eigenvalue weighted by Crippen LogP contribution is 2.30. The number of likely N-dealkylation sites (N-methyl/N-ethyl adjacent to an activating group) is 1. The van der Waals surface area contributed by atoms with Crippen molar-refractivity contribution in [2.24, 2.45) is 0 Å². The van der Waals surface area contributed by atoms with Gasteiger partial charge in [-0.2, -0.15) is 0 Å². The van der Waals surface area contributed by atoms with E-state index in [0.717, 1.165) is 30.9 Å². The molecule has 1 aliphatic heterocycles. The highest BCUT2D eigenvalue weighted by atomic mass is 16.5. The molecule has 0 fully saturated rings. The maximum Gasteiger partial charge on any atom is 0.142 e. The molecule has 2 N–H and O–H groups in total. The largest absolute Gasteiger partial charge is 0.489 e. The highest BCUT2D eigenvalue weighted by molar-refractivity contribution is 5.57. The second-order valence-electron chi connectivity index (χ2n) is 4.81. The number of ether oxygens (including phenoxy) is 1. The standard InChI is InChI=1S/C13H20N2O/c1-9(2)16-13-7-10-4-5-15(3)8-11(10)6-12(13)14/h6-7,9H,4-5,8,14H2,1-3H3. The average molecular weight is 220 g/mol. The van der Waals surface area contributed by atoms with Gasteiger partial charge in [0.05, 0.1) is 11.8 Å². The number of nitrogens with zero attached hydrogens (tertiary/aromatic N) is 1. The molecule has 0 atom stereocenters. The Morgan fingerprint density at radius 1 is 1.31 bits per heavy atom. The predicted octanol–water partition coefficient (Wildman–Crippen LogP) is 2.04. The van der Waals surface area contributed by atoms with E-state index in [-0.39, 0.29) is 6.10 Å². The van der Waals surface area contributed by atoms with E-state index in [1.54, 1.807) is 0 Å². The van der Waals surface area contributed by atoms with Crippen LogP contribution in [0, 0.1) is 0 Å². The van der Waals surface area contributed by atoms with Gasteiger partial charge in [0.2, 0.25) is 0 Å². The van der Waals surface area contributed by atoms with Crippen molar-refractivity contribution in [3.63, 3.8) is 0 Å². The van der Waals surface area contributed by atoms with Gasteiger partial charge in [0.1, 0.15) is 5.75 Å². The van der Waals surface area contributed by atoms with Crippen LogP contribution in [0.2, 0.25) is 0 Å². The SMILES string of the molecule is CC(C)Oc1cc2c(cc1N)CN(C)CC2. The minimum Gasteiger partial charge on any atom is -0.489 e. The fourth-order valence-corrected chi connectivity index (χ4v) is 2.10. The number of rotatable bonds is 2. The molecule has 2 rings (SSSR count). The number of benzene rings is 1. The van der Waals surface area contributed by atoms with Crippen LogP contribution in [0.15, 0.2) is 12.1 Å². The van der Waals surface area contributed by atoms with Crippen LogP contribution in [-0.4, -0.2) is 24.6 Å². The summed E-state index contributed by atoms with van der Waals surface area (Å²) in [4.78, 5) is 2.31. The van der Waals surface area contributed by atoms with Gasteiger partial charge in [-0.05, 0) is 50.6 Å². The summed E-state index contributed by atoms with van der Waals surface area (Å²) in [6.07, 6.45) is 1.26. The molecule has 0 aromatic heterocycles. The zero-order chi connectivity index (χ0) is 11.7. The maximum atomic E-state index is 5.99. The van der Waals surface area contributed by atoms with Crippen LogP contribution in [0.1, 0.15) is 25.0 Å². The van der Waals surface area contributed by atoms with Gasteiger partial charge in [0.25, 0.3) is 0 Å². The first-order valence-corrected chi connectivity index (χ1v) is 5.82. The molecule has 0 radical (unpaired) electrons. The van der Waals surface area contributed by atoms with E-state index in [2.05, 4.69) is 24.1 Å². The van der Waals surface area contributed by atoms with Crippen molar-refractivity contribution in [2.45, 2.75) is 32.9 Å². The lowest BCUT2D eigenvalue weighted by molar-refractivity contribution is 0.242. The van der Waals surface area contributed by atoms with Crippen molar-refractivity contribution in [2.75, 3.05) is 19.3 Å². The number of hydrogen-bond donors (Lipinski definition) is 1. The van der Waals surface area contributed by atoms with Crippen LogP contribution in [0.5, 0.6) is 5.75 Å². The Labute approximate surface area is 97.2 Å². The molecule has 16 heavy (non-hydrogen) atoms. The molecule has 0 bridgehead atoms. The van der Waals surface area contributed by atoms with Crippen molar-refractivity contribution in [3.8, 4) is 5.75 Å². The van der Waals surface area contributed by atoms with E-state index in [0.29, 0.717) is 0 Å². The number of fused-ring (bicyclic) bond motifs is 1. The van der Waals surface area contributed by atoms with Gasteiger partial charge in [-0.25, -0.2) is 0 Å². The summed E-state index contributed by atoms with van der Waals surface area (Å²) in [5, 5.41) is 0. The molecule has 1 aromatic rings. The third kappa shape index (κ3) is 2.30. The lowest BCUT2D eigenvalue weighted by Crippen LogP contribution is -2.26. The van der Waals surface area contributed by atoms with Crippen LogP contribution >= 0.6 is 0 Å². The molecule has 88 valence electrons. The normalized spacial score (nSPS) is 16.2. The maximum absolute atomic E-state index is 5.99. The molecule has 1 aromatic carbocycles. The monoisotopic (exact) mass is 220 g/mol. The van der Waals surface area contributed by atoms with Crippen molar-refractivity contribution in [1.82, 2.24) is 4.90 Å². The Balaban J connectivity index is 2.30. The molecule has 3 heteroatoms. The van der Waals surface area contributed by atoms with E-state index in [9.17, 15) is 0 Å². The smallest absolute Gasteiger partial charge is 0.142 e. The predicted molar refractivity (Wildman–Crippen MR) is 66.7 cm³/mol. The second kappa shape index (κ2) is 4.34. The Morgan fingerprint density at radius 2 is 2.06 bits per heavy atom. The number of hydrogen-bond acceptors (Lipinski definition) is 3. The lowest BCUT2D eigenvalue weighted by Gasteiger charge is -2.26. The fraction of sp³-hybridized carbons (Fsp3) is 0.538. The molecule has 3 nitrogen and oxygen atoms in total. The van der Waals surface area contributed by atoms with Gasteiger partial charge in [0.15, 0.2) is 0 Å². The molecule has 1 aliphatic rings. The van der Waals surface area contributed by atoms with Crippen molar-refractivity contribution in [3.05, 3.63) is 23.3 Å². The zero-order valence-electron chi connectivity index (χ0n) is 10.3. The van der Waals surface area contributed by atoms with Crippen LogP contribution in [0.25, 0.3) is 0 Å². The second-order valence-corrected chi connectivity index (χ2v) is 4.81. The van der Waals surface area contributed by atoms with E-state index in [4.69, 9.17) is 10.5 Å². The minimum absolute atomic E-state index is 0.173. The molecule has 0 unspecified atom stereocenters. The molecule has 0 saturated carbocycles. The third-order valence-corrected chi connectivity index (χ3v) is 2.90. The Bertz CT molecular complexity index is 388. The Morgan fingerprint density at radius 3 is 2.75 bits per heavy atom. The highest BCUT2D eigenvalue weighted by Gasteiger charge is 2.16. The minimum atomic E-state index is 0.173. The molecule has 0 amide bonds. The number of nitrogen functional groups attached to an aromatic ring is 1. The van der Waals surface area contributed by atoms with E-state index in [1.165, 1.54) is 11.1 Å². The zero-order valence-corrected chi connectivity index (χ0v) is 10.3. The summed E-state index contributed by atoms with van der Waals surface area (Å²) >= 11 is 0. The van der Waals surface area contributed by atoms with E-state index in [1.807, 2.05) is 13.8 Å². The van der Waals surface area contributed by atoms with Crippen LogP contribution in [-0.2, 0) is 13.0 Å². The molecule has 0 saturated heterocycles. The summed E-state index contributed by atoms with van der Waals surface area (Å²) in [5.74, 6) is 0.832. The molecule has 0 aliphatic carbocycles. The summed E-state index contributed by atoms with van der Waals surface area (Å²) in [6.45, 7) is 6.14. The Hall–Kier alpha value is -1.22. The van der Waals surface area contributed by atoms with Crippen molar-refractivity contribution in [1.29, 1.82) is 0 Å². The van der Waals surface area contributed by atoms with E-state index < -0.39 is 0 Å². The quantitative estimate of drug-likeness (QED) is 0.775. The average Bonchev–Trinajstić information content (AvgIpc) is 2.19. The summed E-state index contributed by atoms with van der Waals surface area (Å²) in [6, 6.07) is 4.17. The van der Waals surface area contributed by atoms with Crippen molar-refractivity contribution < 1.29 is 4.74 Å². The van der Waals surface area contributed by atoms with Crippen LogP contribution in [0.4, 0.5) is 5.69 Å². The van der Waals surface area contributed by atoms with Crippen LogP contribution in [0.3, 0.4) is 0 Å². The Kier molecular flexibility index (Phi) is 3.06. The molecule has 0 spiro atoms. The van der Waals surface area contributed by atoms with Gasteiger partial charge in [0, 0.05) is 13.1 Å². The first-order chi connectivity index (χ1) is 7.56. The first kappa shape index (κ1) is 11.3. The van der Waals surface area contributed by atoms with Gasteiger partial charge in [-0.3, -0.25) is 0 Å². The fourth-order valence-electron chi connectivity index (χ4n) is 2.10. The number of anilines is 1. The van der Waals surface area contributed by atoms with Gasteiger partial charge >= 0.3 is 0 Å².